The number of non-ortho nitro benzene ring substituents is 1. The number of nitro groups is 1. The van der Waals surface area contributed by atoms with Crippen molar-refractivity contribution in [2.24, 2.45) is 0 Å². The Labute approximate surface area is 218 Å². The lowest BCUT2D eigenvalue weighted by Gasteiger charge is -2.37. The molecule has 192 valence electrons. The van der Waals surface area contributed by atoms with Crippen molar-refractivity contribution in [1.29, 1.82) is 0 Å². The molecule has 0 bridgehead atoms. The van der Waals surface area contributed by atoms with Gasteiger partial charge in [-0.3, -0.25) is 24.0 Å². The third-order valence-electron chi connectivity index (χ3n) is 5.99. The lowest BCUT2D eigenvalue weighted by atomic mass is 10.1. The summed E-state index contributed by atoms with van der Waals surface area (Å²) in [6.07, 6.45) is -0.446. The van der Waals surface area contributed by atoms with Gasteiger partial charge < -0.3 is 10.6 Å². The largest absolute Gasteiger partial charge is 0.352 e. The summed E-state index contributed by atoms with van der Waals surface area (Å²) in [6, 6.07) is 13.7. The molecule has 2 amide bonds. The van der Waals surface area contributed by atoms with Crippen LogP contribution < -0.4 is 14.9 Å². The maximum Gasteiger partial charge on any atom is 0.269 e. The van der Waals surface area contributed by atoms with Gasteiger partial charge in [0.05, 0.1) is 27.6 Å². The summed E-state index contributed by atoms with van der Waals surface area (Å²) in [5.41, 5.74) is 2.03. The van der Waals surface area contributed by atoms with E-state index in [9.17, 15) is 28.1 Å². The van der Waals surface area contributed by atoms with Crippen molar-refractivity contribution in [3.63, 3.8) is 0 Å². The number of nitrogens with one attached hydrogen (secondary N) is 2. The molecule has 0 unspecified atom stereocenters. The van der Waals surface area contributed by atoms with E-state index in [2.05, 4.69) is 10.6 Å². The molecule has 0 fully saturated rings. The number of hydrogen-bond acceptors (Lipinski definition) is 6. The molecule has 2 N–H and O–H groups in total. The summed E-state index contributed by atoms with van der Waals surface area (Å²) in [7, 11) is -4.28. The topological polar surface area (TPSA) is 139 Å². The summed E-state index contributed by atoms with van der Waals surface area (Å²) in [4.78, 5) is 36.2. The summed E-state index contributed by atoms with van der Waals surface area (Å²) >= 11 is 6.17. The number of benzene rings is 3. The van der Waals surface area contributed by atoms with Crippen LogP contribution in [0.25, 0.3) is 0 Å². The average molecular weight is 543 g/mol. The van der Waals surface area contributed by atoms with Crippen molar-refractivity contribution >= 4 is 50.5 Å². The van der Waals surface area contributed by atoms with Gasteiger partial charge in [-0.2, -0.15) is 0 Å². The van der Waals surface area contributed by atoms with Crippen LogP contribution in [0.2, 0.25) is 5.02 Å². The standard InChI is InChI=1S/C25H23ClN4O6S/c1-15-12-23(16(2)11-19(15)26)37(35,36)29-21-6-4-3-5-20(21)28-25(32)22(29)13-24(31)27-14-17-7-9-18(10-8-17)30(33)34/h3-12,22H,13-14H2,1-2H3,(H,27,31)(H,28,32)/t22-/m1/s1. The summed E-state index contributed by atoms with van der Waals surface area (Å²) < 4.78 is 28.9. The Kier molecular flexibility index (Phi) is 7.19. The number of sulfonamides is 1. The van der Waals surface area contributed by atoms with Gasteiger partial charge in [-0.25, -0.2) is 8.42 Å². The molecule has 3 aromatic carbocycles. The van der Waals surface area contributed by atoms with E-state index in [4.69, 9.17) is 11.6 Å². The van der Waals surface area contributed by atoms with E-state index >= 15 is 0 Å². The number of halogens is 1. The number of nitrogens with zero attached hydrogens (tertiary/aromatic N) is 2. The van der Waals surface area contributed by atoms with Gasteiger partial charge in [-0.15, -0.1) is 0 Å². The van der Waals surface area contributed by atoms with E-state index in [1.54, 1.807) is 44.2 Å². The highest BCUT2D eigenvalue weighted by atomic mass is 35.5. The fourth-order valence-electron chi connectivity index (χ4n) is 4.06. The molecule has 3 aromatic rings. The molecule has 0 aliphatic carbocycles. The molecular weight excluding hydrogens is 520 g/mol. The highest BCUT2D eigenvalue weighted by molar-refractivity contribution is 7.93. The second-order valence-electron chi connectivity index (χ2n) is 8.59. The van der Waals surface area contributed by atoms with Gasteiger partial charge >= 0.3 is 0 Å². The number of fused-ring (bicyclic) bond motifs is 1. The highest BCUT2D eigenvalue weighted by Crippen LogP contribution is 2.38. The first-order valence-corrected chi connectivity index (χ1v) is 13.0. The zero-order valence-electron chi connectivity index (χ0n) is 19.9. The van der Waals surface area contributed by atoms with Gasteiger partial charge in [-0.1, -0.05) is 35.9 Å². The maximum atomic E-state index is 14.0. The smallest absolute Gasteiger partial charge is 0.269 e. The number of amides is 2. The van der Waals surface area contributed by atoms with Crippen LogP contribution in [0, 0.1) is 24.0 Å². The van der Waals surface area contributed by atoms with Crippen molar-refractivity contribution in [3.8, 4) is 0 Å². The lowest BCUT2D eigenvalue weighted by molar-refractivity contribution is -0.384. The first kappa shape index (κ1) is 26.1. The molecule has 0 radical (unpaired) electrons. The molecule has 1 aliphatic heterocycles. The summed E-state index contributed by atoms with van der Waals surface area (Å²) in [5, 5.41) is 16.6. The number of anilines is 2. The van der Waals surface area contributed by atoms with Crippen LogP contribution in [0.4, 0.5) is 17.1 Å². The fourth-order valence-corrected chi connectivity index (χ4v) is 6.20. The molecule has 0 aromatic heterocycles. The first-order chi connectivity index (χ1) is 17.5. The molecule has 1 heterocycles. The van der Waals surface area contributed by atoms with Crippen molar-refractivity contribution in [2.75, 3.05) is 9.62 Å². The van der Waals surface area contributed by atoms with Gasteiger partial charge in [0.25, 0.3) is 15.7 Å². The second-order valence-corrected chi connectivity index (χ2v) is 10.8. The molecule has 10 nitrogen and oxygen atoms in total. The molecule has 37 heavy (non-hydrogen) atoms. The number of rotatable bonds is 7. The quantitative estimate of drug-likeness (QED) is 0.340. The van der Waals surface area contributed by atoms with E-state index in [1.165, 1.54) is 30.3 Å². The van der Waals surface area contributed by atoms with E-state index in [-0.39, 0.29) is 22.8 Å². The number of hydrogen-bond donors (Lipinski definition) is 2. The molecule has 4 rings (SSSR count). The molecule has 0 saturated heterocycles. The third-order valence-corrected chi connectivity index (χ3v) is 8.37. The van der Waals surface area contributed by atoms with Gasteiger partial charge in [0, 0.05) is 23.7 Å². The third kappa shape index (κ3) is 5.27. The van der Waals surface area contributed by atoms with Crippen molar-refractivity contribution in [3.05, 3.63) is 92.5 Å². The predicted molar refractivity (Wildman–Crippen MR) is 139 cm³/mol. The Hall–Kier alpha value is -3.96. The van der Waals surface area contributed by atoms with Gasteiger partial charge in [-0.05, 0) is 54.8 Å². The number of nitro benzene ring substituents is 1. The Bertz CT molecular complexity index is 1510. The van der Waals surface area contributed by atoms with Crippen LogP contribution in [0.5, 0.6) is 0 Å². The highest BCUT2D eigenvalue weighted by Gasteiger charge is 2.42. The van der Waals surface area contributed by atoms with E-state index in [1.807, 2.05) is 0 Å². The number of para-hydroxylation sites is 2. The molecular formula is C25H23ClN4O6S. The Morgan fingerprint density at radius 3 is 2.46 bits per heavy atom. The van der Waals surface area contributed by atoms with Crippen LogP contribution in [0.1, 0.15) is 23.1 Å². The minimum Gasteiger partial charge on any atom is -0.352 e. The van der Waals surface area contributed by atoms with Crippen molar-refractivity contribution in [1.82, 2.24) is 5.32 Å². The molecule has 1 aliphatic rings. The normalized spacial score (nSPS) is 15.1. The van der Waals surface area contributed by atoms with Gasteiger partial charge in [0.15, 0.2) is 0 Å². The predicted octanol–water partition coefficient (Wildman–Crippen LogP) is 4.09. The Morgan fingerprint density at radius 2 is 1.78 bits per heavy atom. The minimum absolute atomic E-state index is 0.0183. The molecule has 12 heteroatoms. The number of carbonyl (C=O) groups is 2. The second kappa shape index (κ2) is 10.2. The van der Waals surface area contributed by atoms with E-state index < -0.39 is 39.2 Å². The SMILES string of the molecule is Cc1cc(S(=O)(=O)N2c3ccccc3NC(=O)[C@H]2CC(=O)NCc2ccc([N+](=O)[O-])cc2)c(C)cc1Cl. The Morgan fingerprint density at radius 1 is 1.11 bits per heavy atom. The van der Waals surface area contributed by atoms with Gasteiger partial charge in [0.1, 0.15) is 6.04 Å². The van der Waals surface area contributed by atoms with Crippen LogP contribution >= 0.6 is 11.6 Å². The first-order valence-electron chi connectivity index (χ1n) is 11.2. The number of aryl methyl sites for hydroxylation is 2. The monoisotopic (exact) mass is 542 g/mol. The van der Waals surface area contributed by atoms with Crippen LogP contribution in [-0.4, -0.2) is 31.2 Å². The van der Waals surface area contributed by atoms with Crippen LogP contribution in [-0.2, 0) is 26.2 Å². The summed E-state index contributed by atoms with van der Waals surface area (Å²) in [5.74, 6) is -1.21. The zero-order chi connectivity index (χ0) is 26.9. The summed E-state index contributed by atoms with van der Waals surface area (Å²) in [6.45, 7) is 3.34. The van der Waals surface area contributed by atoms with E-state index in [0.717, 1.165) is 4.31 Å². The minimum atomic E-state index is -4.28. The fraction of sp³-hybridized carbons (Fsp3) is 0.200. The molecule has 0 saturated carbocycles. The van der Waals surface area contributed by atoms with Gasteiger partial charge in [0.2, 0.25) is 11.8 Å². The molecule has 0 spiro atoms. The number of carbonyl (C=O) groups excluding carboxylic acids is 2. The van der Waals surface area contributed by atoms with E-state index in [0.29, 0.717) is 27.4 Å². The van der Waals surface area contributed by atoms with Crippen LogP contribution in [0.15, 0.2) is 65.6 Å². The molecule has 1 atom stereocenters. The average Bonchev–Trinajstić information content (AvgIpc) is 2.85. The van der Waals surface area contributed by atoms with Crippen molar-refractivity contribution < 1.29 is 22.9 Å². The lowest BCUT2D eigenvalue weighted by Crippen LogP contribution is -2.52. The van der Waals surface area contributed by atoms with Crippen LogP contribution in [0.3, 0.4) is 0 Å². The van der Waals surface area contributed by atoms with Crippen molar-refractivity contribution in [2.45, 2.75) is 37.8 Å². The zero-order valence-corrected chi connectivity index (χ0v) is 21.5. The maximum absolute atomic E-state index is 14.0. The Balaban J connectivity index is 1.64.